The lowest BCUT2D eigenvalue weighted by Gasteiger charge is -2.24. The van der Waals surface area contributed by atoms with Gasteiger partial charge in [0.25, 0.3) is 0 Å². The summed E-state index contributed by atoms with van der Waals surface area (Å²) >= 11 is 0. The van der Waals surface area contributed by atoms with Crippen LogP contribution in [0.25, 0.3) is 6.08 Å². The third-order valence-electron chi connectivity index (χ3n) is 2.74. The van der Waals surface area contributed by atoms with Crippen LogP contribution in [0.1, 0.15) is 33.3 Å². The fourth-order valence-corrected chi connectivity index (χ4v) is 1.11. The van der Waals surface area contributed by atoms with Crippen LogP contribution in [-0.4, -0.2) is 0 Å². The van der Waals surface area contributed by atoms with Crippen LogP contribution in [0, 0.1) is 11.3 Å². The molecule has 0 saturated heterocycles. The van der Waals surface area contributed by atoms with Gasteiger partial charge in [0.1, 0.15) is 0 Å². The minimum absolute atomic E-state index is 0.352. The third kappa shape index (κ3) is 3.37. The number of benzene rings is 1. The highest BCUT2D eigenvalue weighted by Crippen LogP contribution is 2.26. The van der Waals surface area contributed by atoms with Crippen molar-refractivity contribution in [2.45, 2.75) is 27.7 Å². The Morgan fingerprint density at radius 3 is 2.14 bits per heavy atom. The van der Waals surface area contributed by atoms with E-state index in [9.17, 15) is 0 Å². The second-order valence-electron chi connectivity index (χ2n) is 4.92. The molecule has 1 aromatic rings. The molecule has 1 rings (SSSR count). The normalized spacial score (nSPS) is 14.6. The van der Waals surface area contributed by atoms with E-state index in [1.165, 1.54) is 5.56 Å². The second-order valence-corrected chi connectivity index (χ2v) is 4.92. The number of allylic oxidation sites excluding steroid dienone is 1. The predicted octanol–water partition coefficient (Wildman–Crippen LogP) is 4.38. The summed E-state index contributed by atoms with van der Waals surface area (Å²) in [5, 5.41) is 0. The third-order valence-corrected chi connectivity index (χ3v) is 2.74. The van der Waals surface area contributed by atoms with E-state index < -0.39 is 0 Å². The van der Waals surface area contributed by atoms with Crippen molar-refractivity contribution in [3.63, 3.8) is 0 Å². The Morgan fingerprint density at radius 1 is 1.07 bits per heavy atom. The van der Waals surface area contributed by atoms with Crippen LogP contribution < -0.4 is 0 Å². The quantitative estimate of drug-likeness (QED) is 0.646. The van der Waals surface area contributed by atoms with Gasteiger partial charge >= 0.3 is 0 Å². The molecule has 1 aromatic carbocycles. The lowest BCUT2D eigenvalue weighted by molar-refractivity contribution is 0.315. The van der Waals surface area contributed by atoms with Gasteiger partial charge in [-0.15, -0.1) is 0 Å². The maximum atomic E-state index is 2.29. The van der Waals surface area contributed by atoms with Crippen LogP contribution in [0.4, 0.5) is 0 Å². The lowest BCUT2D eigenvalue weighted by Crippen LogP contribution is -2.14. The molecule has 0 nitrogen and oxygen atoms in total. The molecule has 0 heteroatoms. The summed E-state index contributed by atoms with van der Waals surface area (Å²) in [4.78, 5) is 0. The number of rotatable bonds is 2. The van der Waals surface area contributed by atoms with Gasteiger partial charge in [-0.3, -0.25) is 0 Å². The van der Waals surface area contributed by atoms with E-state index in [0.717, 1.165) is 0 Å². The molecule has 0 aromatic heterocycles. The van der Waals surface area contributed by atoms with Gasteiger partial charge in [0, 0.05) is 0 Å². The van der Waals surface area contributed by atoms with Crippen molar-refractivity contribution < 1.29 is 0 Å². The molecular weight excluding hydrogens is 168 g/mol. The number of hydrogen-bond acceptors (Lipinski definition) is 0. The molecule has 0 aliphatic rings. The molecule has 0 N–H and O–H groups in total. The van der Waals surface area contributed by atoms with Gasteiger partial charge < -0.3 is 0 Å². The second kappa shape index (κ2) is 4.45. The molecule has 14 heavy (non-hydrogen) atoms. The van der Waals surface area contributed by atoms with Gasteiger partial charge in [-0.2, -0.15) is 0 Å². The lowest BCUT2D eigenvalue weighted by atomic mass is 9.82. The average Bonchev–Trinajstić information content (AvgIpc) is 2.14. The van der Waals surface area contributed by atoms with Crippen molar-refractivity contribution in [1.82, 2.24) is 0 Å². The topological polar surface area (TPSA) is 0 Å². The first-order chi connectivity index (χ1) is 6.50. The maximum Gasteiger partial charge on any atom is -0.0210 e. The van der Waals surface area contributed by atoms with E-state index >= 15 is 0 Å². The smallest absolute Gasteiger partial charge is 0.0210 e. The Kier molecular flexibility index (Phi) is 3.51. The van der Waals surface area contributed by atoms with Gasteiger partial charge in [-0.25, -0.2) is 0 Å². The standard InChI is InChI=1S/C14H20/c1-12(14(2,3)4)10-11-13-8-6-5-7-9-13/h5-12H,1-4H3/b11-10+. The van der Waals surface area contributed by atoms with Crippen LogP contribution in [0.2, 0.25) is 0 Å². The van der Waals surface area contributed by atoms with Crippen molar-refractivity contribution in [2.24, 2.45) is 11.3 Å². The molecule has 1 unspecified atom stereocenters. The highest BCUT2D eigenvalue weighted by atomic mass is 14.2. The summed E-state index contributed by atoms with van der Waals surface area (Å²) in [5.74, 6) is 0.600. The molecule has 0 fully saturated rings. The van der Waals surface area contributed by atoms with Crippen LogP contribution in [0.5, 0.6) is 0 Å². The van der Waals surface area contributed by atoms with Gasteiger partial charge in [-0.1, -0.05) is 70.2 Å². The molecule has 76 valence electrons. The van der Waals surface area contributed by atoms with E-state index in [-0.39, 0.29) is 0 Å². The minimum atomic E-state index is 0.352. The van der Waals surface area contributed by atoms with Crippen LogP contribution in [0.15, 0.2) is 36.4 Å². The molecule has 0 aliphatic carbocycles. The summed E-state index contributed by atoms with van der Waals surface area (Å²) in [5.41, 5.74) is 1.63. The van der Waals surface area contributed by atoms with Crippen molar-refractivity contribution in [1.29, 1.82) is 0 Å². The molecule has 0 aliphatic heterocycles. The first kappa shape index (κ1) is 11.0. The van der Waals surface area contributed by atoms with Crippen LogP contribution in [0.3, 0.4) is 0 Å². The summed E-state index contributed by atoms with van der Waals surface area (Å²) in [6, 6.07) is 10.4. The van der Waals surface area contributed by atoms with Crippen molar-refractivity contribution in [3.05, 3.63) is 42.0 Å². The average molecular weight is 188 g/mol. The predicted molar refractivity (Wildman–Crippen MR) is 64.1 cm³/mol. The first-order valence-corrected chi connectivity index (χ1v) is 5.23. The highest BCUT2D eigenvalue weighted by molar-refractivity contribution is 5.49. The highest BCUT2D eigenvalue weighted by Gasteiger charge is 2.16. The van der Waals surface area contributed by atoms with Crippen molar-refractivity contribution in [3.8, 4) is 0 Å². The molecule has 0 amide bonds. The maximum absolute atomic E-state index is 2.29. The fourth-order valence-electron chi connectivity index (χ4n) is 1.11. The Hall–Kier alpha value is -1.04. The molecule has 0 saturated carbocycles. The summed E-state index contributed by atoms with van der Waals surface area (Å²) < 4.78 is 0. The summed E-state index contributed by atoms with van der Waals surface area (Å²) in [6.07, 6.45) is 4.49. The van der Waals surface area contributed by atoms with Gasteiger partial charge in [0.05, 0.1) is 0 Å². The van der Waals surface area contributed by atoms with Crippen LogP contribution >= 0.6 is 0 Å². The zero-order valence-corrected chi connectivity index (χ0v) is 9.62. The fraction of sp³-hybridized carbons (Fsp3) is 0.429. The zero-order valence-electron chi connectivity index (χ0n) is 9.62. The summed E-state index contributed by atoms with van der Waals surface area (Å²) in [6.45, 7) is 9.08. The van der Waals surface area contributed by atoms with E-state index in [4.69, 9.17) is 0 Å². The molecule has 0 radical (unpaired) electrons. The van der Waals surface area contributed by atoms with Gasteiger partial charge in [0.2, 0.25) is 0 Å². The van der Waals surface area contributed by atoms with E-state index in [0.29, 0.717) is 11.3 Å². The molecule has 1 atom stereocenters. The monoisotopic (exact) mass is 188 g/mol. The Morgan fingerprint density at radius 2 is 1.64 bits per heavy atom. The molecule has 0 heterocycles. The van der Waals surface area contributed by atoms with Crippen molar-refractivity contribution in [2.75, 3.05) is 0 Å². The van der Waals surface area contributed by atoms with E-state index in [2.05, 4.69) is 64.1 Å². The largest absolute Gasteiger partial charge is 0.0806 e. The molecule has 0 spiro atoms. The van der Waals surface area contributed by atoms with Gasteiger partial charge in [0.15, 0.2) is 0 Å². The molecule has 0 bridgehead atoms. The van der Waals surface area contributed by atoms with E-state index in [1.807, 2.05) is 6.07 Å². The van der Waals surface area contributed by atoms with Crippen molar-refractivity contribution >= 4 is 6.08 Å². The summed E-state index contributed by atoms with van der Waals surface area (Å²) in [7, 11) is 0. The molecular formula is C14H20. The minimum Gasteiger partial charge on any atom is -0.0806 e. The van der Waals surface area contributed by atoms with Crippen LogP contribution in [-0.2, 0) is 0 Å². The van der Waals surface area contributed by atoms with E-state index in [1.54, 1.807) is 0 Å². The van der Waals surface area contributed by atoms with Gasteiger partial charge in [-0.05, 0) is 16.9 Å². The number of hydrogen-bond donors (Lipinski definition) is 0. The first-order valence-electron chi connectivity index (χ1n) is 5.23. The zero-order chi connectivity index (χ0) is 10.6. The Bertz CT molecular complexity index is 288. The Balaban J connectivity index is 2.66. The SMILES string of the molecule is CC(/C=C/c1ccccc1)C(C)(C)C. The Labute approximate surface area is 87.7 Å².